The Hall–Kier alpha value is -4.57. The van der Waals surface area contributed by atoms with Gasteiger partial charge in [0.2, 0.25) is 5.82 Å². The number of benzene rings is 3. The molecule has 10 heteroatoms. The first kappa shape index (κ1) is 29.5. The molecule has 1 aliphatic rings. The van der Waals surface area contributed by atoms with Gasteiger partial charge in [-0.05, 0) is 72.4 Å². The fourth-order valence-corrected chi connectivity index (χ4v) is 6.64. The van der Waals surface area contributed by atoms with Crippen molar-refractivity contribution in [2.75, 3.05) is 24.6 Å². The van der Waals surface area contributed by atoms with Gasteiger partial charge < -0.3 is 4.90 Å². The summed E-state index contributed by atoms with van der Waals surface area (Å²) in [6.45, 7) is 5.59. The highest BCUT2D eigenvalue weighted by atomic mass is 32.2. The lowest BCUT2D eigenvalue weighted by Gasteiger charge is -2.26. The van der Waals surface area contributed by atoms with Gasteiger partial charge in [-0.1, -0.05) is 55.5 Å². The predicted molar refractivity (Wildman–Crippen MR) is 174 cm³/mol. The molecular formula is C34H35N7O2S. The third-order valence-electron chi connectivity index (χ3n) is 8.01. The molecule has 0 spiro atoms. The minimum Gasteiger partial charge on any atom is -0.337 e. The number of carbonyl (C=O) groups is 1. The number of aryl methyl sites for hydroxylation is 3. The standard InChI is InChI=1S/C34H35N7O2S/c1-3-7-31-35-23(2)28(17-12-24-8-6-9-26(22-24)33(42)40-18-20-44-21-19-40)34(43)41(31)27-15-13-25(14-16-27)29-10-4-5-11-30(29)32-36-38-39-37-32/h4-6,8-11,13-16,22H,3,7,12,17-21H2,1-2H3,(H,36,37,38,39). The number of aromatic nitrogens is 6. The van der Waals surface area contributed by atoms with Crippen LogP contribution in [0.1, 0.15) is 46.3 Å². The number of hydrogen-bond acceptors (Lipinski definition) is 7. The summed E-state index contributed by atoms with van der Waals surface area (Å²) in [5.41, 5.74) is 6.77. The summed E-state index contributed by atoms with van der Waals surface area (Å²) in [6, 6.07) is 23.7. The zero-order valence-corrected chi connectivity index (χ0v) is 25.8. The quantitative estimate of drug-likeness (QED) is 0.242. The van der Waals surface area contributed by atoms with Crippen LogP contribution < -0.4 is 5.56 Å². The first-order valence-electron chi connectivity index (χ1n) is 15.0. The molecule has 1 saturated heterocycles. The Balaban J connectivity index is 1.28. The van der Waals surface area contributed by atoms with Gasteiger partial charge in [-0.25, -0.2) is 4.98 Å². The summed E-state index contributed by atoms with van der Waals surface area (Å²) in [4.78, 5) is 34.0. The third-order valence-corrected chi connectivity index (χ3v) is 8.95. The van der Waals surface area contributed by atoms with E-state index < -0.39 is 0 Å². The van der Waals surface area contributed by atoms with Crippen molar-refractivity contribution < 1.29 is 4.79 Å². The van der Waals surface area contributed by atoms with E-state index in [9.17, 15) is 9.59 Å². The van der Waals surface area contributed by atoms with Crippen molar-refractivity contribution in [3.8, 4) is 28.2 Å². The van der Waals surface area contributed by atoms with Crippen LogP contribution in [0.3, 0.4) is 0 Å². The van der Waals surface area contributed by atoms with Crippen LogP contribution in [0.5, 0.6) is 0 Å². The summed E-state index contributed by atoms with van der Waals surface area (Å²) in [5.74, 6) is 3.33. The normalized spacial score (nSPS) is 13.3. The molecule has 3 aromatic carbocycles. The first-order valence-corrected chi connectivity index (χ1v) is 16.2. The van der Waals surface area contributed by atoms with E-state index in [2.05, 4.69) is 27.5 Å². The maximum absolute atomic E-state index is 14.1. The Kier molecular flexibility index (Phi) is 8.97. The van der Waals surface area contributed by atoms with Crippen molar-refractivity contribution in [1.29, 1.82) is 0 Å². The van der Waals surface area contributed by atoms with Gasteiger partial charge in [-0.2, -0.15) is 17.0 Å². The summed E-state index contributed by atoms with van der Waals surface area (Å²) in [6.07, 6.45) is 2.75. The second-order valence-corrected chi connectivity index (χ2v) is 12.1. The van der Waals surface area contributed by atoms with Crippen molar-refractivity contribution in [2.24, 2.45) is 0 Å². The minimum atomic E-state index is -0.0426. The number of carbonyl (C=O) groups excluding carboxylic acids is 1. The Morgan fingerprint density at radius 1 is 0.932 bits per heavy atom. The van der Waals surface area contributed by atoms with Gasteiger partial charge >= 0.3 is 0 Å². The topological polar surface area (TPSA) is 110 Å². The molecule has 5 aromatic rings. The number of aromatic amines is 1. The van der Waals surface area contributed by atoms with Crippen LogP contribution in [0.2, 0.25) is 0 Å². The molecule has 0 saturated carbocycles. The van der Waals surface area contributed by atoms with Crippen molar-refractivity contribution in [3.05, 3.63) is 111 Å². The average molecular weight is 606 g/mol. The van der Waals surface area contributed by atoms with Gasteiger partial charge in [0.15, 0.2) is 0 Å². The van der Waals surface area contributed by atoms with Gasteiger partial charge in [-0.15, -0.1) is 10.2 Å². The fourth-order valence-electron chi connectivity index (χ4n) is 5.74. The van der Waals surface area contributed by atoms with E-state index in [0.717, 1.165) is 70.5 Å². The van der Waals surface area contributed by atoms with Crippen LogP contribution >= 0.6 is 11.8 Å². The van der Waals surface area contributed by atoms with Gasteiger partial charge in [0.05, 0.1) is 5.69 Å². The van der Waals surface area contributed by atoms with E-state index in [1.807, 2.05) is 96.4 Å². The summed E-state index contributed by atoms with van der Waals surface area (Å²) >= 11 is 1.89. The molecule has 1 N–H and O–H groups in total. The molecule has 0 atom stereocenters. The Bertz CT molecular complexity index is 1810. The highest BCUT2D eigenvalue weighted by molar-refractivity contribution is 7.99. The van der Waals surface area contributed by atoms with Crippen LogP contribution in [0.15, 0.2) is 77.6 Å². The van der Waals surface area contributed by atoms with Gasteiger partial charge in [0.25, 0.3) is 11.5 Å². The molecule has 1 amide bonds. The SMILES string of the molecule is CCCc1nc(C)c(CCc2cccc(C(=O)N3CCSCC3)c2)c(=O)n1-c1ccc(-c2ccccc2-c2nn[nH]n2)cc1. The Morgan fingerprint density at radius 3 is 2.43 bits per heavy atom. The van der Waals surface area contributed by atoms with Crippen LogP contribution in [0, 0.1) is 6.92 Å². The molecular weight excluding hydrogens is 570 g/mol. The molecule has 224 valence electrons. The summed E-state index contributed by atoms with van der Waals surface area (Å²) < 4.78 is 1.76. The molecule has 0 unspecified atom stereocenters. The molecule has 3 heterocycles. The maximum atomic E-state index is 14.1. The average Bonchev–Trinajstić information content (AvgIpc) is 3.60. The van der Waals surface area contributed by atoms with Crippen molar-refractivity contribution in [1.82, 2.24) is 35.1 Å². The second kappa shape index (κ2) is 13.4. The number of H-pyrrole nitrogens is 1. The van der Waals surface area contributed by atoms with Crippen LogP contribution in [-0.2, 0) is 19.3 Å². The molecule has 0 bridgehead atoms. The zero-order valence-electron chi connectivity index (χ0n) is 25.0. The highest BCUT2D eigenvalue weighted by Gasteiger charge is 2.20. The van der Waals surface area contributed by atoms with E-state index in [1.165, 1.54) is 0 Å². The third kappa shape index (κ3) is 6.21. The minimum absolute atomic E-state index is 0.0426. The number of nitrogens with one attached hydrogen (secondary N) is 1. The van der Waals surface area contributed by atoms with Crippen molar-refractivity contribution in [3.63, 3.8) is 0 Å². The van der Waals surface area contributed by atoms with E-state index in [1.54, 1.807) is 4.57 Å². The molecule has 6 rings (SSSR count). The zero-order chi connectivity index (χ0) is 30.5. The van der Waals surface area contributed by atoms with Gasteiger partial charge in [0.1, 0.15) is 5.82 Å². The van der Waals surface area contributed by atoms with Crippen molar-refractivity contribution >= 4 is 17.7 Å². The number of nitrogens with zero attached hydrogens (tertiary/aromatic N) is 6. The lowest BCUT2D eigenvalue weighted by Crippen LogP contribution is -2.37. The van der Waals surface area contributed by atoms with Crippen LogP contribution in [0.4, 0.5) is 0 Å². The number of tetrazole rings is 1. The molecule has 9 nitrogen and oxygen atoms in total. The lowest BCUT2D eigenvalue weighted by molar-refractivity contribution is 0.0772. The molecule has 1 fully saturated rings. The molecule has 2 aromatic heterocycles. The first-order chi connectivity index (χ1) is 21.5. The number of thioether (sulfide) groups is 1. The van der Waals surface area contributed by atoms with E-state index >= 15 is 0 Å². The number of rotatable bonds is 9. The van der Waals surface area contributed by atoms with Crippen LogP contribution in [-0.4, -0.2) is 65.6 Å². The Labute approximate surface area is 260 Å². The monoisotopic (exact) mass is 605 g/mol. The number of hydrogen-bond donors (Lipinski definition) is 1. The number of amides is 1. The summed E-state index contributed by atoms with van der Waals surface area (Å²) in [5, 5.41) is 14.5. The van der Waals surface area contributed by atoms with E-state index in [0.29, 0.717) is 36.2 Å². The lowest BCUT2D eigenvalue weighted by atomic mass is 9.99. The molecule has 0 aliphatic carbocycles. The van der Waals surface area contributed by atoms with E-state index in [4.69, 9.17) is 4.98 Å². The molecule has 44 heavy (non-hydrogen) atoms. The molecule has 1 aliphatic heterocycles. The maximum Gasteiger partial charge on any atom is 0.261 e. The fraction of sp³-hybridized carbons (Fsp3) is 0.294. The van der Waals surface area contributed by atoms with Crippen molar-refractivity contribution in [2.45, 2.75) is 39.5 Å². The molecule has 0 radical (unpaired) electrons. The smallest absolute Gasteiger partial charge is 0.261 e. The second-order valence-electron chi connectivity index (χ2n) is 10.9. The summed E-state index contributed by atoms with van der Waals surface area (Å²) in [7, 11) is 0. The Morgan fingerprint density at radius 2 is 1.70 bits per heavy atom. The highest BCUT2D eigenvalue weighted by Crippen LogP contribution is 2.30. The van der Waals surface area contributed by atoms with Gasteiger partial charge in [-0.3, -0.25) is 14.2 Å². The van der Waals surface area contributed by atoms with E-state index in [-0.39, 0.29) is 11.5 Å². The van der Waals surface area contributed by atoms with Gasteiger partial charge in [0, 0.05) is 53.4 Å². The largest absolute Gasteiger partial charge is 0.337 e. The van der Waals surface area contributed by atoms with Crippen LogP contribution in [0.25, 0.3) is 28.2 Å². The predicted octanol–water partition coefficient (Wildman–Crippen LogP) is 5.31.